The number of carbonyl (C=O) groups is 1. The highest BCUT2D eigenvalue weighted by Crippen LogP contribution is 2.26. The summed E-state index contributed by atoms with van der Waals surface area (Å²) in [5, 5.41) is 0. The zero-order valence-electron chi connectivity index (χ0n) is 24.1. The van der Waals surface area contributed by atoms with Crippen LogP contribution in [-0.4, -0.2) is 96.1 Å². The molecule has 37 heavy (non-hydrogen) atoms. The molecule has 7 nitrogen and oxygen atoms in total. The molecule has 0 atom stereocenters. The molecule has 0 radical (unpaired) electrons. The third kappa shape index (κ3) is 7.47. The number of hydrogen-bond acceptors (Lipinski definition) is 5. The maximum Gasteiger partial charge on any atom is 0.253 e. The molecule has 0 N–H and O–H groups in total. The molecule has 0 unspecified atom stereocenters. The average molecular weight is 511 g/mol. The minimum absolute atomic E-state index is 0.161. The zero-order valence-corrected chi connectivity index (χ0v) is 24.1. The number of nitrogens with zero attached hydrogens (tertiary/aromatic N) is 6. The van der Waals surface area contributed by atoms with Crippen LogP contribution in [0.25, 0.3) is 11.0 Å². The molecule has 2 fully saturated rings. The summed E-state index contributed by atoms with van der Waals surface area (Å²) in [6.45, 7) is 19.2. The van der Waals surface area contributed by atoms with E-state index in [1.165, 1.54) is 25.9 Å². The van der Waals surface area contributed by atoms with E-state index in [1.54, 1.807) is 0 Å². The fourth-order valence-electron chi connectivity index (χ4n) is 5.50. The zero-order chi connectivity index (χ0) is 26.4. The summed E-state index contributed by atoms with van der Waals surface area (Å²) < 4.78 is 2.40. The lowest BCUT2D eigenvalue weighted by Gasteiger charge is -2.33. The van der Waals surface area contributed by atoms with Crippen molar-refractivity contribution in [2.45, 2.75) is 66.3 Å². The van der Waals surface area contributed by atoms with Gasteiger partial charge in [-0.05, 0) is 88.8 Å². The van der Waals surface area contributed by atoms with Gasteiger partial charge < -0.3 is 24.2 Å². The first kappa shape index (κ1) is 27.9. The molecule has 0 saturated carbocycles. The third-order valence-corrected chi connectivity index (χ3v) is 8.06. The average Bonchev–Trinajstić information content (AvgIpc) is 3.52. The number of amides is 1. The van der Waals surface area contributed by atoms with Crippen LogP contribution in [0.4, 0.5) is 5.95 Å². The van der Waals surface area contributed by atoms with Gasteiger partial charge in [-0.3, -0.25) is 4.79 Å². The lowest BCUT2D eigenvalue weighted by atomic mass is 10.1. The molecule has 7 heteroatoms. The molecule has 1 aromatic carbocycles. The number of hydrogen-bond donors (Lipinski definition) is 0. The second-order valence-corrected chi connectivity index (χ2v) is 12.1. The van der Waals surface area contributed by atoms with Crippen molar-refractivity contribution in [2.75, 3.05) is 70.9 Å². The molecule has 2 aliphatic rings. The van der Waals surface area contributed by atoms with Crippen LogP contribution in [0.5, 0.6) is 0 Å². The molecule has 2 aliphatic heterocycles. The second-order valence-electron chi connectivity index (χ2n) is 12.1. The predicted octanol–water partition coefficient (Wildman–Crippen LogP) is 4.81. The summed E-state index contributed by atoms with van der Waals surface area (Å²) in [5.41, 5.74) is 2.90. The third-order valence-electron chi connectivity index (χ3n) is 8.06. The van der Waals surface area contributed by atoms with E-state index in [2.05, 4.69) is 71.0 Å². The molecule has 4 rings (SSSR count). The number of benzene rings is 1. The van der Waals surface area contributed by atoms with E-state index in [4.69, 9.17) is 4.98 Å². The smallest absolute Gasteiger partial charge is 0.253 e. The van der Waals surface area contributed by atoms with Crippen LogP contribution in [0.1, 0.15) is 70.2 Å². The molecule has 1 aromatic heterocycles. The van der Waals surface area contributed by atoms with Crippen LogP contribution >= 0.6 is 0 Å². The quantitative estimate of drug-likeness (QED) is 0.410. The Hall–Kier alpha value is -2.12. The van der Waals surface area contributed by atoms with Crippen LogP contribution in [0.15, 0.2) is 18.2 Å². The Morgan fingerprint density at radius 1 is 0.919 bits per heavy atom. The summed E-state index contributed by atoms with van der Waals surface area (Å²) in [6, 6.07) is 6.19. The lowest BCUT2D eigenvalue weighted by molar-refractivity contribution is 0.0741. The fourth-order valence-corrected chi connectivity index (χ4v) is 5.50. The Bertz CT molecular complexity index is 989. The summed E-state index contributed by atoms with van der Waals surface area (Å²) >= 11 is 0. The van der Waals surface area contributed by atoms with Crippen LogP contribution in [-0.2, 0) is 6.54 Å². The number of aryl methyl sites for hydroxylation is 1. The number of likely N-dealkylation sites (tertiary alicyclic amines) is 1. The van der Waals surface area contributed by atoms with Gasteiger partial charge in [0, 0.05) is 51.4 Å². The lowest BCUT2D eigenvalue weighted by Crippen LogP contribution is -2.45. The molecular weight excluding hydrogens is 460 g/mol. The largest absolute Gasteiger partial charge is 0.340 e. The van der Waals surface area contributed by atoms with E-state index >= 15 is 0 Å². The minimum atomic E-state index is 0.161. The van der Waals surface area contributed by atoms with Crippen LogP contribution in [0.2, 0.25) is 0 Å². The summed E-state index contributed by atoms with van der Waals surface area (Å²) in [7, 11) is 2.19. The van der Waals surface area contributed by atoms with Crippen molar-refractivity contribution in [1.82, 2.24) is 24.3 Å². The summed E-state index contributed by atoms with van der Waals surface area (Å²) in [4.78, 5) is 28.3. The molecule has 0 bridgehead atoms. The van der Waals surface area contributed by atoms with Crippen molar-refractivity contribution in [3.8, 4) is 0 Å². The summed E-state index contributed by atoms with van der Waals surface area (Å²) in [6.07, 6.45) is 5.84. The molecule has 2 saturated heterocycles. The Balaban J connectivity index is 1.60. The number of piperazine rings is 1. The van der Waals surface area contributed by atoms with Gasteiger partial charge in [0.1, 0.15) is 0 Å². The first-order valence-corrected chi connectivity index (χ1v) is 14.8. The van der Waals surface area contributed by atoms with Crippen LogP contribution < -0.4 is 4.90 Å². The molecule has 1 amide bonds. The van der Waals surface area contributed by atoms with Gasteiger partial charge in [0.05, 0.1) is 11.0 Å². The standard InChI is InChI=1S/C30H50N6O/c1-24(2)11-17-34(18-12-25(3)4)29(37)26-9-10-27-28(23-26)36(16-8-15-33-13-6-7-14-33)30(31-27)35-21-19-32(5)20-22-35/h9-10,23-25H,6-8,11-22H2,1-5H3. The normalized spacial score (nSPS) is 17.5. The Kier molecular flexibility index (Phi) is 9.88. The van der Waals surface area contributed by atoms with Gasteiger partial charge in [-0.15, -0.1) is 0 Å². The van der Waals surface area contributed by atoms with Crippen LogP contribution in [0.3, 0.4) is 0 Å². The van der Waals surface area contributed by atoms with Crippen molar-refractivity contribution < 1.29 is 4.79 Å². The van der Waals surface area contributed by atoms with Gasteiger partial charge in [-0.1, -0.05) is 27.7 Å². The van der Waals surface area contributed by atoms with E-state index in [0.29, 0.717) is 11.8 Å². The number of aromatic nitrogens is 2. The number of fused-ring (bicyclic) bond motifs is 1. The SMILES string of the molecule is CC(C)CCN(CCC(C)C)C(=O)c1ccc2nc(N3CCN(C)CC3)n(CCCN3CCCC3)c2c1. The monoisotopic (exact) mass is 510 g/mol. The van der Waals surface area contributed by atoms with Crippen molar-refractivity contribution in [3.63, 3.8) is 0 Å². The Morgan fingerprint density at radius 3 is 2.19 bits per heavy atom. The van der Waals surface area contributed by atoms with E-state index in [9.17, 15) is 4.79 Å². The summed E-state index contributed by atoms with van der Waals surface area (Å²) in [5.74, 6) is 2.40. The fraction of sp³-hybridized carbons (Fsp3) is 0.733. The molecule has 0 spiro atoms. The Labute approximate surface area is 224 Å². The highest BCUT2D eigenvalue weighted by molar-refractivity contribution is 5.97. The van der Waals surface area contributed by atoms with E-state index in [1.807, 2.05) is 6.07 Å². The molecule has 3 heterocycles. The molecule has 2 aromatic rings. The van der Waals surface area contributed by atoms with E-state index in [0.717, 1.165) is 94.2 Å². The molecule has 206 valence electrons. The molecular formula is C30H50N6O. The number of imidazole rings is 1. The number of carbonyl (C=O) groups excluding carboxylic acids is 1. The highest BCUT2D eigenvalue weighted by Gasteiger charge is 2.23. The van der Waals surface area contributed by atoms with E-state index in [-0.39, 0.29) is 5.91 Å². The number of likely N-dealkylation sites (N-methyl/N-ethyl adjacent to an activating group) is 1. The minimum Gasteiger partial charge on any atom is -0.340 e. The topological polar surface area (TPSA) is 47.9 Å². The van der Waals surface area contributed by atoms with Gasteiger partial charge in [-0.2, -0.15) is 0 Å². The Morgan fingerprint density at radius 2 is 1.57 bits per heavy atom. The van der Waals surface area contributed by atoms with Crippen LogP contribution in [0, 0.1) is 11.8 Å². The van der Waals surface area contributed by atoms with Crippen molar-refractivity contribution >= 4 is 22.9 Å². The van der Waals surface area contributed by atoms with Crippen molar-refractivity contribution in [3.05, 3.63) is 23.8 Å². The predicted molar refractivity (Wildman–Crippen MR) is 155 cm³/mol. The van der Waals surface area contributed by atoms with Gasteiger partial charge in [0.25, 0.3) is 5.91 Å². The maximum atomic E-state index is 13.7. The number of rotatable bonds is 12. The van der Waals surface area contributed by atoms with E-state index < -0.39 is 0 Å². The molecule has 0 aliphatic carbocycles. The first-order valence-electron chi connectivity index (χ1n) is 14.8. The number of anilines is 1. The van der Waals surface area contributed by atoms with Gasteiger partial charge in [0.15, 0.2) is 0 Å². The first-order chi connectivity index (χ1) is 17.8. The van der Waals surface area contributed by atoms with Gasteiger partial charge in [-0.25, -0.2) is 4.98 Å². The van der Waals surface area contributed by atoms with Gasteiger partial charge >= 0.3 is 0 Å². The second kappa shape index (κ2) is 13.1. The highest BCUT2D eigenvalue weighted by atomic mass is 16.2. The van der Waals surface area contributed by atoms with Gasteiger partial charge in [0.2, 0.25) is 5.95 Å². The van der Waals surface area contributed by atoms with Crippen molar-refractivity contribution in [2.24, 2.45) is 11.8 Å². The van der Waals surface area contributed by atoms with Crippen molar-refractivity contribution in [1.29, 1.82) is 0 Å². The maximum absolute atomic E-state index is 13.7.